The van der Waals surface area contributed by atoms with Crippen molar-refractivity contribution in [3.05, 3.63) is 35.9 Å². The molecule has 1 aliphatic rings. The summed E-state index contributed by atoms with van der Waals surface area (Å²) in [7, 11) is 0. The molecule has 23 heavy (non-hydrogen) atoms. The Kier molecular flexibility index (Phi) is 8.12. The number of hydrogen-bond donors (Lipinski definition) is 1. The summed E-state index contributed by atoms with van der Waals surface area (Å²) in [6.45, 7) is 5.92. The van der Waals surface area contributed by atoms with E-state index in [2.05, 4.69) is 17.1 Å². The minimum atomic E-state index is -0.0121. The number of benzene rings is 1. The Bertz CT molecular complexity index is 450. The van der Waals surface area contributed by atoms with Crippen LogP contribution in [-0.4, -0.2) is 43.1 Å². The van der Waals surface area contributed by atoms with Gasteiger partial charge in [0, 0.05) is 12.6 Å². The number of rotatable bonds is 9. The highest BCUT2D eigenvalue weighted by Gasteiger charge is 2.22. The third-order valence-corrected chi connectivity index (χ3v) is 4.43. The van der Waals surface area contributed by atoms with Crippen LogP contribution >= 0.6 is 0 Å². The third kappa shape index (κ3) is 6.71. The van der Waals surface area contributed by atoms with Gasteiger partial charge in [-0.2, -0.15) is 0 Å². The summed E-state index contributed by atoms with van der Waals surface area (Å²) in [6.07, 6.45) is 6.21. The van der Waals surface area contributed by atoms with Gasteiger partial charge in [0.2, 0.25) is 5.91 Å². The second kappa shape index (κ2) is 10.4. The van der Waals surface area contributed by atoms with E-state index in [4.69, 9.17) is 4.74 Å². The molecule has 1 atom stereocenters. The Morgan fingerprint density at radius 3 is 2.91 bits per heavy atom. The van der Waals surface area contributed by atoms with E-state index >= 15 is 0 Å². The zero-order valence-corrected chi connectivity index (χ0v) is 14.3. The molecule has 1 amide bonds. The van der Waals surface area contributed by atoms with Crippen LogP contribution < -0.4 is 5.32 Å². The Balaban J connectivity index is 1.64. The molecule has 4 nitrogen and oxygen atoms in total. The third-order valence-electron chi connectivity index (χ3n) is 4.43. The second-order valence-electron chi connectivity index (χ2n) is 6.32. The van der Waals surface area contributed by atoms with Crippen LogP contribution in [0, 0.1) is 0 Å². The van der Waals surface area contributed by atoms with Crippen molar-refractivity contribution in [3.63, 3.8) is 0 Å². The molecule has 1 saturated heterocycles. The van der Waals surface area contributed by atoms with Crippen LogP contribution in [0.3, 0.4) is 0 Å². The summed E-state index contributed by atoms with van der Waals surface area (Å²) in [4.78, 5) is 14.5. The molecule has 1 N–H and O–H groups in total. The summed E-state index contributed by atoms with van der Waals surface area (Å²) in [5.74, 6) is -0.0121. The largest absolute Gasteiger partial charge is 0.367 e. The van der Waals surface area contributed by atoms with Crippen LogP contribution in [0.1, 0.15) is 44.6 Å². The minimum absolute atomic E-state index is 0.0121. The summed E-state index contributed by atoms with van der Waals surface area (Å²) in [5.41, 5.74) is 1.10. The highest BCUT2D eigenvalue weighted by molar-refractivity contribution is 5.77. The van der Waals surface area contributed by atoms with Gasteiger partial charge in [-0.25, -0.2) is 0 Å². The van der Waals surface area contributed by atoms with Gasteiger partial charge in [0.25, 0.3) is 0 Å². The first-order valence-corrected chi connectivity index (χ1v) is 8.92. The lowest BCUT2D eigenvalue weighted by Gasteiger charge is -2.35. The van der Waals surface area contributed by atoms with Crippen LogP contribution in [0.2, 0.25) is 0 Å². The molecule has 0 aromatic heterocycles. The van der Waals surface area contributed by atoms with Gasteiger partial charge < -0.3 is 10.1 Å². The highest BCUT2D eigenvalue weighted by Crippen LogP contribution is 2.17. The van der Waals surface area contributed by atoms with E-state index in [0.29, 0.717) is 12.6 Å². The molecule has 0 aliphatic carbocycles. The van der Waals surface area contributed by atoms with Gasteiger partial charge >= 0.3 is 0 Å². The average Bonchev–Trinajstić information content (AvgIpc) is 2.60. The highest BCUT2D eigenvalue weighted by atomic mass is 16.5. The maximum Gasteiger partial charge on any atom is 0.246 e. The van der Waals surface area contributed by atoms with Crippen LogP contribution in [-0.2, 0) is 16.1 Å². The fourth-order valence-corrected chi connectivity index (χ4v) is 3.07. The lowest BCUT2D eigenvalue weighted by molar-refractivity contribution is -0.126. The standard InChI is InChI=1S/C19H30N2O2/c1-2-3-12-21-13-8-7-11-18(21)14-20-19(22)16-23-15-17-9-5-4-6-10-17/h4-6,9-10,18H,2-3,7-8,11-16H2,1H3,(H,20,22). The van der Waals surface area contributed by atoms with Crippen LogP contribution in [0.25, 0.3) is 0 Å². The van der Waals surface area contributed by atoms with Gasteiger partial charge in [0.15, 0.2) is 0 Å². The molecule has 0 saturated carbocycles. The van der Waals surface area contributed by atoms with E-state index in [1.54, 1.807) is 0 Å². The summed E-state index contributed by atoms with van der Waals surface area (Å²) >= 11 is 0. The predicted octanol–water partition coefficient (Wildman–Crippen LogP) is 2.97. The Morgan fingerprint density at radius 2 is 2.13 bits per heavy atom. The van der Waals surface area contributed by atoms with Crippen molar-refractivity contribution >= 4 is 5.91 Å². The molecule has 1 aromatic carbocycles. The Morgan fingerprint density at radius 1 is 1.30 bits per heavy atom. The van der Waals surface area contributed by atoms with E-state index in [9.17, 15) is 4.79 Å². The zero-order valence-electron chi connectivity index (χ0n) is 14.3. The molecule has 1 aromatic rings. The van der Waals surface area contributed by atoms with Gasteiger partial charge in [-0.1, -0.05) is 50.1 Å². The molecule has 1 fully saturated rings. The number of nitrogens with zero attached hydrogens (tertiary/aromatic N) is 1. The van der Waals surface area contributed by atoms with Crippen LogP contribution in [0.5, 0.6) is 0 Å². The zero-order chi connectivity index (χ0) is 16.3. The average molecular weight is 318 g/mol. The molecule has 2 rings (SSSR count). The number of likely N-dealkylation sites (tertiary alicyclic amines) is 1. The van der Waals surface area contributed by atoms with E-state index in [0.717, 1.165) is 18.7 Å². The number of unbranched alkanes of at least 4 members (excludes halogenated alkanes) is 1. The Hall–Kier alpha value is -1.39. The molecule has 0 radical (unpaired) electrons. The van der Waals surface area contributed by atoms with Gasteiger partial charge in [-0.05, 0) is 37.9 Å². The van der Waals surface area contributed by atoms with Gasteiger partial charge in [0.1, 0.15) is 6.61 Å². The monoisotopic (exact) mass is 318 g/mol. The number of hydrogen-bond acceptors (Lipinski definition) is 3. The quantitative estimate of drug-likeness (QED) is 0.761. The number of amides is 1. The number of carbonyl (C=O) groups is 1. The number of piperidine rings is 1. The number of nitrogens with one attached hydrogen (secondary N) is 1. The SMILES string of the molecule is CCCCN1CCCCC1CNC(=O)COCc1ccccc1. The normalized spacial score (nSPS) is 18.7. The van der Waals surface area contributed by atoms with Crippen LogP contribution in [0.4, 0.5) is 0 Å². The van der Waals surface area contributed by atoms with E-state index in [-0.39, 0.29) is 12.5 Å². The molecular formula is C19H30N2O2. The minimum Gasteiger partial charge on any atom is -0.367 e. The van der Waals surface area contributed by atoms with Gasteiger partial charge in [-0.3, -0.25) is 9.69 Å². The summed E-state index contributed by atoms with van der Waals surface area (Å²) < 4.78 is 5.49. The molecule has 128 valence electrons. The smallest absolute Gasteiger partial charge is 0.246 e. The van der Waals surface area contributed by atoms with Crippen LogP contribution in [0.15, 0.2) is 30.3 Å². The van der Waals surface area contributed by atoms with E-state index in [1.165, 1.54) is 38.6 Å². The first-order valence-electron chi connectivity index (χ1n) is 8.92. The van der Waals surface area contributed by atoms with Crippen molar-refractivity contribution in [2.45, 2.75) is 51.7 Å². The first-order chi connectivity index (χ1) is 11.3. The topological polar surface area (TPSA) is 41.6 Å². The fourth-order valence-electron chi connectivity index (χ4n) is 3.07. The lowest BCUT2D eigenvalue weighted by atomic mass is 10.0. The maximum atomic E-state index is 11.9. The van der Waals surface area contributed by atoms with E-state index < -0.39 is 0 Å². The van der Waals surface area contributed by atoms with Crippen molar-refractivity contribution < 1.29 is 9.53 Å². The predicted molar refractivity (Wildman–Crippen MR) is 93.2 cm³/mol. The second-order valence-corrected chi connectivity index (χ2v) is 6.32. The first kappa shape index (κ1) is 18.0. The fraction of sp³-hybridized carbons (Fsp3) is 0.632. The number of ether oxygens (including phenoxy) is 1. The molecule has 0 bridgehead atoms. The maximum absolute atomic E-state index is 11.9. The Labute approximate surface area is 140 Å². The summed E-state index contributed by atoms with van der Waals surface area (Å²) in [6, 6.07) is 10.4. The van der Waals surface area contributed by atoms with Gasteiger partial charge in [0.05, 0.1) is 6.61 Å². The molecule has 0 spiro atoms. The van der Waals surface area contributed by atoms with Crippen molar-refractivity contribution in [2.75, 3.05) is 26.2 Å². The lowest BCUT2D eigenvalue weighted by Crippen LogP contribution is -2.47. The van der Waals surface area contributed by atoms with E-state index in [1.807, 2.05) is 30.3 Å². The summed E-state index contributed by atoms with van der Waals surface area (Å²) in [5, 5.41) is 3.04. The molecular weight excluding hydrogens is 288 g/mol. The molecule has 1 aliphatic heterocycles. The van der Waals surface area contributed by atoms with Crippen molar-refractivity contribution in [1.82, 2.24) is 10.2 Å². The molecule has 4 heteroatoms. The molecule has 1 heterocycles. The van der Waals surface area contributed by atoms with Crippen molar-refractivity contribution in [1.29, 1.82) is 0 Å². The van der Waals surface area contributed by atoms with Crippen molar-refractivity contribution in [3.8, 4) is 0 Å². The van der Waals surface area contributed by atoms with Gasteiger partial charge in [-0.15, -0.1) is 0 Å². The number of carbonyl (C=O) groups excluding carboxylic acids is 1. The van der Waals surface area contributed by atoms with Crippen molar-refractivity contribution in [2.24, 2.45) is 0 Å². The molecule has 1 unspecified atom stereocenters.